The van der Waals surface area contributed by atoms with Crippen LogP contribution < -0.4 is 10.9 Å². The SMILES string of the molecule is O=C(NNC(=O)C1(O)CCCC1)c1ccc(Br)s1. The van der Waals surface area contributed by atoms with Crippen molar-refractivity contribution in [3.8, 4) is 0 Å². The maximum Gasteiger partial charge on any atom is 0.279 e. The number of amides is 2. The van der Waals surface area contributed by atoms with Crippen molar-refractivity contribution in [2.24, 2.45) is 0 Å². The lowest BCUT2D eigenvalue weighted by atomic mass is 10.0. The summed E-state index contributed by atoms with van der Waals surface area (Å²) in [7, 11) is 0. The van der Waals surface area contributed by atoms with Gasteiger partial charge in [0.15, 0.2) is 0 Å². The van der Waals surface area contributed by atoms with Gasteiger partial charge in [-0.15, -0.1) is 11.3 Å². The van der Waals surface area contributed by atoms with Gasteiger partial charge in [0.2, 0.25) is 0 Å². The van der Waals surface area contributed by atoms with Crippen molar-refractivity contribution in [2.75, 3.05) is 0 Å². The van der Waals surface area contributed by atoms with Crippen LogP contribution in [0.5, 0.6) is 0 Å². The van der Waals surface area contributed by atoms with Gasteiger partial charge in [0, 0.05) is 0 Å². The molecule has 7 heteroatoms. The van der Waals surface area contributed by atoms with Crippen LogP contribution in [0.2, 0.25) is 0 Å². The summed E-state index contributed by atoms with van der Waals surface area (Å²) in [5, 5.41) is 9.98. The van der Waals surface area contributed by atoms with Gasteiger partial charge in [0.1, 0.15) is 5.60 Å². The van der Waals surface area contributed by atoms with Gasteiger partial charge in [-0.1, -0.05) is 0 Å². The smallest absolute Gasteiger partial charge is 0.279 e. The van der Waals surface area contributed by atoms with Crippen LogP contribution >= 0.6 is 27.3 Å². The zero-order chi connectivity index (χ0) is 13.2. The molecule has 2 rings (SSSR count). The minimum Gasteiger partial charge on any atom is -0.380 e. The maximum absolute atomic E-state index is 11.7. The van der Waals surface area contributed by atoms with Crippen molar-refractivity contribution in [1.82, 2.24) is 10.9 Å². The molecule has 1 fully saturated rings. The normalized spacial score (nSPS) is 17.4. The second-order valence-corrected chi connectivity index (χ2v) is 6.71. The Labute approximate surface area is 117 Å². The monoisotopic (exact) mass is 332 g/mol. The van der Waals surface area contributed by atoms with E-state index in [9.17, 15) is 14.7 Å². The van der Waals surface area contributed by atoms with E-state index in [2.05, 4.69) is 26.8 Å². The molecular weight excluding hydrogens is 320 g/mol. The zero-order valence-electron chi connectivity index (χ0n) is 9.53. The molecule has 5 nitrogen and oxygen atoms in total. The van der Waals surface area contributed by atoms with Crippen molar-refractivity contribution < 1.29 is 14.7 Å². The number of hydrazine groups is 1. The lowest BCUT2D eigenvalue weighted by Crippen LogP contribution is -2.51. The number of hydrogen-bond acceptors (Lipinski definition) is 4. The Morgan fingerprint density at radius 1 is 1.28 bits per heavy atom. The third-order valence-electron chi connectivity index (χ3n) is 2.94. The molecule has 1 aliphatic carbocycles. The Morgan fingerprint density at radius 2 is 1.94 bits per heavy atom. The average Bonchev–Trinajstić information content (AvgIpc) is 2.95. The number of nitrogens with one attached hydrogen (secondary N) is 2. The molecule has 1 aromatic heterocycles. The van der Waals surface area contributed by atoms with Gasteiger partial charge in [-0.05, 0) is 53.7 Å². The number of carbonyl (C=O) groups is 2. The van der Waals surface area contributed by atoms with Crippen LogP contribution in [0.1, 0.15) is 35.4 Å². The molecule has 1 aromatic rings. The molecule has 0 spiro atoms. The van der Waals surface area contributed by atoms with Gasteiger partial charge in [0.25, 0.3) is 11.8 Å². The van der Waals surface area contributed by atoms with Gasteiger partial charge >= 0.3 is 0 Å². The summed E-state index contributed by atoms with van der Waals surface area (Å²) in [5.74, 6) is -0.926. The van der Waals surface area contributed by atoms with Gasteiger partial charge < -0.3 is 5.11 Å². The number of hydrogen-bond donors (Lipinski definition) is 3. The van der Waals surface area contributed by atoms with E-state index in [1.165, 1.54) is 11.3 Å². The Hall–Kier alpha value is -0.920. The van der Waals surface area contributed by atoms with Crippen molar-refractivity contribution in [3.63, 3.8) is 0 Å². The molecular formula is C11H13BrN2O3S. The van der Waals surface area contributed by atoms with Crippen LogP contribution in [0.25, 0.3) is 0 Å². The number of carbonyl (C=O) groups excluding carboxylic acids is 2. The summed E-state index contributed by atoms with van der Waals surface area (Å²) in [6, 6.07) is 3.41. The summed E-state index contributed by atoms with van der Waals surface area (Å²) < 4.78 is 0.841. The molecule has 1 aliphatic rings. The van der Waals surface area contributed by atoms with E-state index in [1.807, 2.05) is 0 Å². The van der Waals surface area contributed by atoms with E-state index in [0.29, 0.717) is 17.7 Å². The lowest BCUT2D eigenvalue weighted by molar-refractivity contribution is -0.139. The van der Waals surface area contributed by atoms with Crippen LogP contribution in [0.3, 0.4) is 0 Å². The highest BCUT2D eigenvalue weighted by Gasteiger charge is 2.39. The van der Waals surface area contributed by atoms with Crippen molar-refractivity contribution in [1.29, 1.82) is 0 Å². The molecule has 0 aliphatic heterocycles. The van der Waals surface area contributed by atoms with Crippen molar-refractivity contribution in [2.45, 2.75) is 31.3 Å². The topological polar surface area (TPSA) is 78.4 Å². The Bertz CT molecular complexity index is 469. The largest absolute Gasteiger partial charge is 0.380 e. The fourth-order valence-corrected chi connectivity index (χ4v) is 3.20. The molecule has 0 bridgehead atoms. The van der Waals surface area contributed by atoms with Crippen LogP contribution in [0, 0.1) is 0 Å². The predicted molar refractivity (Wildman–Crippen MR) is 71.0 cm³/mol. The molecule has 1 heterocycles. The Balaban J connectivity index is 1.88. The van der Waals surface area contributed by atoms with E-state index in [4.69, 9.17) is 0 Å². The van der Waals surface area contributed by atoms with Crippen molar-refractivity contribution in [3.05, 3.63) is 20.8 Å². The molecule has 98 valence electrons. The van der Waals surface area contributed by atoms with Crippen LogP contribution in [-0.4, -0.2) is 22.5 Å². The van der Waals surface area contributed by atoms with Gasteiger partial charge in [0.05, 0.1) is 8.66 Å². The Morgan fingerprint density at radius 3 is 2.50 bits per heavy atom. The van der Waals surface area contributed by atoms with Gasteiger partial charge in [-0.2, -0.15) is 0 Å². The quantitative estimate of drug-likeness (QED) is 0.719. The summed E-state index contributed by atoms with van der Waals surface area (Å²) >= 11 is 4.52. The third kappa shape index (κ3) is 2.90. The number of halogens is 1. The molecule has 3 N–H and O–H groups in total. The van der Waals surface area contributed by atoms with Crippen molar-refractivity contribution >= 4 is 39.1 Å². The fourth-order valence-electron chi connectivity index (χ4n) is 1.91. The molecule has 0 radical (unpaired) electrons. The van der Waals surface area contributed by atoms with E-state index < -0.39 is 11.5 Å². The van der Waals surface area contributed by atoms with Crippen LogP contribution in [-0.2, 0) is 4.79 Å². The highest BCUT2D eigenvalue weighted by atomic mass is 79.9. The zero-order valence-corrected chi connectivity index (χ0v) is 11.9. The maximum atomic E-state index is 11.7. The molecule has 0 atom stereocenters. The summed E-state index contributed by atoms with van der Waals surface area (Å²) in [6.07, 6.45) is 2.55. The summed E-state index contributed by atoms with van der Waals surface area (Å²) in [5.41, 5.74) is 3.25. The fraction of sp³-hybridized carbons (Fsp3) is 0.455. The first-order valence-corrected chi connectivity index (χ1v) is 7.21. The number of rotatable bonds is 2. The second-order valence-electron chi connectivity index (χ2n) is 4.25. The first-order chi connectivity index (χ1) is 8.51. The molecule has 18 heavy (non-hydrogen) atoms. The Kier molecular flexibility index (Phi) is 4.04. The van der Waals surface area contributed by atoms with Crippen LogP contribution in [0.15, 0.2) is 15.9 Å². The molecule has 0 aromatic carbocycles. The highest BCUT2D eigenvalue weighted by molar-refractivity contribution is 9.11. The molecule has 0 unspecified atom stereocenters. The average molecular weight is 333 g/mol. The standard InChI is InChI=1S/C11H13BrN2O3S/c12-8-4-3-7(18-8)9(15)13-14-10(16)11(17)5-1-2-6-11/h3-4,17H,1-2,5-6H2,(H,13,15)(H,14,16). The highest BCUT2D eigenvalue weighted by Crippen LogP contribution is 2.29. The number of aliphatic hydroxyl groups is 1. The minimum absolute atomic E-state index is 0.388. The molecule has 2 amide bonds. The molecule has 1 saturated carbocycles. The van der Waals surface area contributed by atoms with E-state index >= 15 is 0 Å². The van der Waals surface area contributed by atoms with Gasteiger partial charge in [-0.25, -0.2) is 0 Å². The van der Waals surface area contributed by atoms with E-state index in [1.54, 1.807) is 12.1 Å². The van der Waals surface area contributed by atoms with Crippen LogP contribution in [0.4, 0.5) is 0 Å². The number of thiophene rings is 1. The van der Waals surface area contributed by atoms with E-state index in [-0.39, 0.29) is 5.91 Å². The lowest BCUT2D eigenvalue weighted by Gasteiger charge is -2.20. The minimum atomic E-state index is -1.33. The second kappa shape index (κ2) is 5.38. The third-order valence-corrected chi connectivity index (χ3v) is 4.56. The first-order valence-electron chi connectivity index (χ1n) is 5.60. The molecule has 0 saturated heterocycles. The van der Waals surface area contributed by atoms with Gasteiger partial charge in [-0.3, -0.25) is 20.4 Å². The van der Waals surface area contributed by atoms with E-state index in [0.717, 1.165) is 16.6 Å². The first kappa shape index (κ1) is 13.5. The summed E-state index contributed by atoms with van der Waals surface area (Å²) in [6.45, 7) is 0. The predicted octanol–water partition coefficient (Wildman–Crippen LogP) is 1.58. The summed E-state index contributed by atoms with van der Waals surface area (Å²) in [4.78, 5) is 23.9.